The molecule has 112 valence electrons. The minimum Gasteiger partial charge on any atom is -0.346 e. The third-order valence-corrected chi connectivity index (χ3v) is 5.19. The number of nitrogens with one attached hydrogen (secondary N) is 1. The fraction of sp³-hybridized carbons (Fsp3) is 0.176. The highest BCUT2D eigenvalue weighted by Gasteiger charge is 2.11. The van der Waals surface area contributed by atoms with E-state index in [-0.39, 0.29) is 5.91 Å². The lowest BCUT2D eigenvalue weighted by Gasteiger charge is -2.08. The number of thioether (sulfide) groups is 1. The molecule has 3 aromatic rings. The molecule has 0 aliphatic rings. The summed E-state index contributed by atoms with van der Waals surface area (Å²) in [6.07, 6.45) is 2.01. The number of aromatic nitrogens is 1. The Bertz CT molecular complexity index is 793. The highest BCUT2D eigenvalue weighted by Crippen LogP contribution is 2.22. The fourth-order valence-electron chi connectivity index (χ4n) is 2.22. The molecule has 22 heavy (non-hydrogen) atoms. The van der Waals surface area contributed by atoms with Crippen molar-refractivity contribution in [2.24, 2.45) is 0 Å². The van der Waals surface area contributed by atoms with Gasteiger partial charge in [0, 0.05) is 10.5 Å². The Morgan fingerprint density at radius 1 is 1.27 bits per heavy atom. The summed E-state index contributed by atoms with van der Waals surface area (Å²) in [6.45, 7) is 2.41. The highest BCUT2D eigenvalue weighted by atomic mass is 32.2. The molecule has 0 atom stereocenters. The van der Waals surface area contributed by atoms with E-state index in [9.17, 15) is 4.79 Å². The van der Waals surface area contributed by atoms with Gasteiger partial charge in [-0.3, -0.25) is 4.79 Å². The van der Waals surface area contributed by atoms with E-state index in [4.69, 9.17) is 0 Å². The van der Waals surface area contributed by atoms with Gasteiger partial charge < -0.3 is 5.32 Å². The van der Waals surface area contributed by atoms with Gasteiger partial charge in [-0.05, 0) is 43.0 Å². The minimum absolute atomic E-state index is 0.0485. The Kier molecular flexibility index (Phi) is 4.45. The maximum absolute atomic E-state index is 12.4. The van der Waals surface area contributed by atoms with Gasteiger partial charge >= 0.3 is 0 Å². The van der Waals surface area contributed by atoms with Crippen LogP contribution in [0.4, 0.5) is 0 Å². The Labute approximate surface area is 137 Å². The predicted molar refractivity (Wildman–Crippen MR) is 93.8 cm³/mol. The van der Waals surface area contributed by atoms with Gasteiger partial charge in [0.05, 0.1) is 16.8 Å². The van der Waals surface area contributed by atoms with Crippen LogP contribution in [0, 0.1) is 6.92 Å². The number of fused-ring (bicyclic) bond motifs is 1. The maximum Gasteiger partial charge on any atom is 0.251 e. The number of amides is 1. The van der Waals surface area contributed by atoms with E-state index in [1.807, 2.05) is 55.6 Å². The number of thiazole rings is 1. The predicted octanol–water partition coefficient (Wildman–Crippen LogP) is 4.26. The van der Waals surface area contributed by atoms with Crippen LogP contribution in [-0.4, -0.2) is 17.1 Å². The van der Waals surface area contributed by atoms with E-state index < -0.39 is 0 Å². The van der Waals surface area contributed by atoms with Crippen LogP contribution in [0.25, 0.3) is 10.2 Å². The summed E-state index contributed by atoms with van der Waals surface area (Å²) < 4.78 is 1.15. The zero-order valence-corrected chi connectivity index (χ0v) is 14.1. The fourth-order valence-corrected chi connectivity index (χ4v) is 3.57. The largest absolute Gasteiger partial charge is 0.346 e. The molecule has 0 radical (unpaired) electrons. The van der Waals surface area contributed by atoms with Gasteiger partial charge in [0.2, 0.25) is 0 Å². The number of hydrogen-bond donors (Lipinski definition) is 1. The first-order chi connectivity index (χ1) is 10.7. The highest BCUT2D eigenvalue weighted by molar-refractivity contribution is 7.98. The average molecular weight is 328 g/mol. The zero-order valence-electron chi connectivity index (χ0n) is 12.4. The standard InChI is InChI=1S/C17H16N2OS2/c1-11-7-8-12(21-2)9-13(11)17(20)18-10-16-19-14-5-3-4-6-15(14)22-16/h3-9H,10H2,1-2H3,(H,18,20). The molecule has 0 aliphatic carbocycles. The first-order valence-electron chi connectivity index (χ1n) is 6.94. The molecule has 0 aliphatic heterocycles. The Morgan fingerprint density at radius 2 is 2.09 bits per heavy atom. The Balaban J connectivity index is 1.74. The van der Waals surface area contributed by atoms with Gasteiger partial charge in [0.15, 0.2) is 0 Å². The van der Waals surface area contributed by atoms with Gasteiger partial charge in [-0.15, -0.1) is 23.1 Å². The van der Waals surface area contributed by atoms with Crippen LogP contribution in [0.15, 0.2) is 47.4 Å². The number of carbonyl (C=O) groups is 1. The number of carbonyl (C=O) groups excluding carboxylic acids is 1. The van der Waals surface area contributed by atoms with Crippen LogP contribution < -0.4 is 5.32 Å². The van der Waals surface area contributed by atoms with Crippen LogP contribution in [0.1, 0.15) is 20.9 Å². The van der Waals surface area contributed by atoms with Crippen molar-refractivity contribution in [1.29, 1.82) is 0 Å². The topological polar surface area (TPSA) is 42.0 Å². The molecule has 1 amide bonds. The van der Waals surface area contributed by atoms with Gasteiger partial charge in [-0.25, -0.2) is 4.98 Å². The Hall–Kier alpha value is -1.85. The van der Waals surface area contributed by atoms with Crippen LogP contribution in [0.2, 0.25) is 0 Å². The lowest BCUT2D eigenvalue weighted by Crippen LogP contribution is -2.23. The zero-order chi connectivity index (χ0) is 15.5. The van der Waals surface area contributed by atoms with E-state index in [1.54, 1.807) is 23.1 Å². The molecule has 3 nitrogen and oxygen atoms in total. The van der Waals surface area contributed by atoms with E-state index in [1.165, 1.54) is 0 Å². The van der Waals surface area contributed by atoms with Gasteiger partial charge in [-0.1, -0.05) is 18.2 Å². The number of para-hydroxylation sites is 1. The van der Waals surface area contributed by atoms with Crippen molar-refractivity contribution in [1.82, 2.24) is 10.3 Å². The van der Waals surface area contributed by atoms with Crippen molar-refractivity contribution in [3.05, 3.63) is 58.6 Å². The second-order valence-corrected chi connectivity index (χ2v) is 6.93. The lowest BCUT2D eigenvalue weighted by atomic mass is 10.1. The summed E-state index contributed by atoms with van der Waals surface area (Å²) in [6, 6.07) is 14.0. The van der Waals surface area contributed by atoms with E-state index in [2.05, 4.69) is 10.3 Å². The molecule has 1 aromatic heterocycles. The molecule has 0 saturated heterocycles. The molecule has 1 N–H and O–H groups in total. The molecule has 0 unspecified atom stereocenters. The van der Waals surface area contributed by atoms with Crippen LogP contribution >= 0.6 is 23.1 Å². The van der Waals surface area contributed by atoms with Gasteiger partial charge in [-0.2, -0.15) is 0 Å². The summed E-state index contributed by atoms with van der Waals surface area (Å²) in [5, 5.41) is 3.89. The maximum atomic E-state index is 12.4. The van der Waals surface area contributed by atoms with Crippen molar-refractivity contribution in [3.63, 3.8) is 0 Å². The van der Waals surface area contributed by atoms with Gasteiger partial charge in [0.25, 0.3) is 5.91 Å². The molecule has 0 fully saturated rings. The summed E-state index contributed by atoms with van der Waals surface area (Å²) in [4.78, 5) is 18.0. The first-order valence-corrected chi connectivity index (χ1v) is 8.99. The molecular weight excluding hydrogens is 312 g/mol. The number of hydrogen-bond acceptors (Lipinski definition) is 4. The number of rotatable bonds is 4. The molecular formula is C17H16N2OS2. The van der Waals surface area contributed by atoms with E-state index >= 15 is 0 Å². The first kappa shape index (κ1) is 15.1. The molecule has 0 bridgehead atoms. The molecule has 2 aromatic carbocycles. The Morgan fingerprint density at radius 3 is 2.86 bits per heavy atom. The molecule has 1 heterocycles. The summed E-state index contributed by atoms with van der Waals surface area (Å²) in [5.74, 6) is -0.0485. The third kappa shape index (κ3) is 3.15. The molecule has 3 rings (SSSR count). The smallest absolute Gasteiger partial charge is 0.251 e. The number of aryl methyl sites for hydroxylation is 1. The normalized spacial score (nSPS) is 10.8. The van der Waals surface area contributed by atoms with Crippen LogP contribution in [0.5, 0.6) is 0 Å². The van der Waals surface area contributed by atoms with Crippen LogP contribution in [-0.2, 0) is 6.54 Å². The van der Waals surface area contributed by atoms with E-state index in [0.717, 1.165) is 31.2 Å². The number of nitrogens with zero attached hydrogens (tertiary/aromatic N) is 1. The molecule has 5 heteroatoms. The molecule has 0 saturated carbocycles. The second kappa shape index (κ2) is 6.50. The number of benzene rings is 2. The summed E-state index contributed by atoms with van der Waals surface area (Å²) >= 11 is 3.25. The van der Waals surface area contributed by atoms with Crippen molar-refractivity contribution >= 4 is 39.2 Å². The SMILES string of the molecule is CSc1ccc(C)c(C(=O)NCc2nc3ccccc3s2)c1. The quantitative estimate of drug-likeness (QED) is 0.728. The van der Waals surface area contributed by atoms with Crippen molar-refractivity contribution < 1.29 is 4.79 Å². The van der Waals surface area contributed by atoms with E-state index in [0.29, 0.717) is 6.54 Å². The third-order valence-electron chi connectivity index (χ3n) is 3.43. The van der Waals surface area contributed by atoms with Crippen molar-refractivity contribution in [2.75, 3.05) is 6.26 Å². The lowest BCUT2D eigenvalue weighted by molar-refractivity contribution is 0.0950. The van der Waals surface area contributed by atoms with Crippen molar-refractivity contribution in [3.8, 4) is 0 Å². The second-order valence-electron chi connectivity index (χ2n) is 4.94. The summed E-state index contributed by atoms with van der Waals surface area (Å²) in [5.41, 5.74) is 2.70. The van der Waals surface area contributed by atoms with Crippen molar-refractivity contribution in [2.45, 2.75) is 18.4 Å². The van der Waals surface area contributed by atoms with Crippen LogP contribution in [0.3, 0.4) is 0 Å². The minimum atomic E-state index is -0.0485. The molecule has 0 spiro atoms. The average Bonchev–Trinajstić information content (AvgIpc) is 2.96. The monoisotopic (exact) mass is 328 g/mol. The summed E-state index contributed by atoms with van der Waals surface area (Å²) in [7, 11) is 0. The van der Waals surface area contributed by atoms with Gasteiger partial charge in [0.1, 0.15) is 5.01 Å².